The molecule has 0 heterocycles. The molecule has 0 radical (unpaired) electrons. The molecule has 0 amide bonds. The molecule has 1 aliphatic carbocycles. The Morgan fingerprint density at radius 2 is 1.38 bits per heavy atom. The number of benzene rings is 3. The van der Waals surface area contributed by atoms with Crippen molar-refractivity contribution in [2.75, 3.05) is 0 Å². The van der Waals surface area contributed by atoms with Crippen LogP contribution in [0.15, 0.2) is 66.7 Å². The van der Waals surface area contributed by atoms with E-state index in [4.69, 9.17) is 17.3 Å². The summed E-state index contributed by atoms with van der Waals surface area (Å²) < 4.78 is 0. The maximum absolute atomic E-state index is 6.50. The zero-order valence-corrected chi connectivity index (χ0v) is 12.1. The lowest BCUT2D eigenvalue weighted by Gasteiger charge is -2.13. The first kappa shape index (κ1) is 12.6. The van der Waals surface area contributed by atoms with Crippen LogP contribution in [0.4, 0.5) is 0 Å². The quantitative estimate of drug-likeness (QED) is 0.668. The third-order valence-corrected chi connectivity index (χ3v) is 4.41. The molecule has 0 bridgehead atoms. The van der Waals surface area contributed by atoms with Gasteiger partial charge in [-0.25, -0.2) is 0 Å². The minimum atomic E-state index is -0.0666. The van der Waals surface area contributed by atoms with Gasteiger partial charge in [-0.2, -0.15) is 0 Å². The van der Waals surface area contributed by atoms with Crippen molar-refractivity contribution in [1.82, 2.24) is 0 Å². The van der Waals surface area contributed by atoms with E-state index in [1.165, 1.54) is 27.8 Å². The molecule has 21 heavy (non-hydrogen) atoms. The second kappa shape index (κ2) is 4.73. The van der Waals surface area contributed by atoms with Gasteiger partial charge in [0.05, 0.1) is 6.04 Å². The van der Waals surface area contributed by atoms with Crippen LogP contribution in [0.1, 0.15) is 17.2 Å². The Labute approximate surface area is 129 Å². The molecule has 0 aromatic heterocycles. The number of halogens is 1. The molecule has 0 aliphatic heterocycles. The summed E-state index contributed by atoms with van der Waals surface area (Å²) in [6.45, 7) is 0. The molecule has 2 N–H and O–H groups in total. The smallest absolute Gasteiger partial charge is 0.0570 e. The Bertz CT molecular complexity index is 821. The fourth-order valence-corrected chi connectivity index (χ4v) is 3.31. The van der Waals surface area contributed by atoms with Gasteiger partial charge in [0, 0.05) is 5.02 Å². The summed E-state index contributed by atoms with van der Waals surface area (Å²) in [7, 11) is 0. The monoisotopic (exact) mass is 291 g/mol. The van der Waals surface area contributed by atoms with Crippen molar-refractivity contribution in [3.63, 3.8) is 0 Å². The highest BCUT2D eigenvalue weighted by Gasteiger charge is 2.27. The molecule has 3 aromatic rings. The van der Waals surface area contributed by atoms with Crippen LogP contribution in [0.5, 0.6) is 0 Å². The Morgan fingerprint density at radius 1 is 0.714 bits per heavy atom. The number of rotatable bonds is 1. The largest absolute Gasteiger partial charge is 0.320 e. The summed E-state index contributed by atoms with van der Waals surface area (Å²) in [5.41, 5.74) is 13.7. The minimum Gasteiger partial charge on any atom is -0.320 e. The van der Waals surface area contributed by atoms with Crippen LogP contribution in [0.2, 0.25) is 5.02 Å². The van der Waals surface area contributed by atoms with Crippen molar-refractivity contribution in [1.29, 1.82) is 0 Å². The molecule has 1 nitrogen and oxygen atoms in total. The Kier molecular flexibility index (Phi) is 2.85. The topological polar surface area (TPSA) is 26.0 Å². The molecule has 1 atom stereocenters. The van der Waals surface area contributed by atoms with Gasteiger partial charge in [-0.3, -0.25) is 0 Å². The number of hydrogen-bond acceptors (Lipinski definition) is 1. The van der Waals surface area contributed by atoms with Gasteiger partial charge in [0.2, 0.25) is 0 Å². The van der Waals surface area contributed by atoms with Crippen molar-refractivity contribution < 1.29 is 0 Å². The molecule has 1 unspecified atom stereocenters. The molecule has 0 saturated carbocycles. The van der Waals surface area contributed by atoms with Crippen molar-refractivity contribution >= 4 is 11.6 Å². The van der Waals surface area contributed by atoms with Crippen molar-refractivity contribution in [3.05, 3.63) is 82.9 Å². The minimum absolute atomic E-state index is 0.0666. The summed E-state index contributed by atoms with van der Waals surface area (Å²) in [5.74, 6) is 0. The van der Waals surface area contributed by atoms with Gasteiger partial charge in [-0.05, 0) is 45.5 Å². The van der Waals surface area contributed by atoms with E-state index in [0.29, 0.717) is 0 Å². The molecule has 2 heteroatoms. The molecule has 102 valence electrons. The molecule has 0 spiro atoms. The molecule has 1 aliphatic rings. The van der Waals surface area contributed by atoms with Crippen LogP contribution >= 0.6 is 11.6 Å². The van der Waals surface area contributed by atoms with E-state index in [0.717, 1.165) is 10.6 Å². The molecular formula is C19H14ClN. The highest BCUT2D eigenvalue weighted by atomic mass is 35.5. The van der Waals surface area contributed by atoms with E-state index in [-0.39, 0.29) is 6.04 Å². The first-order chi connectivity index (χ1) is 10.3. The van der Waals surface area contributed by atoms with Crippen molar-refractivity contribution in [2.45, 2.75) is 6.04 Å². The Morgan fingerprint density at radius 3 is 2.19 bits per heavy atom. The van der Waals surface area contributed by atoms with E-state index in [1.807, 2.05) is 30.3 Å². The maximum atomic E-state index is 6.50. The first-order valence-corrected chi connectivity index (χ1v) is 7.37. The molecular weight excluding hydrogens is 278 g/mol. The first-order valence-electron chi connectivity index (χ1n) is 6.99. The van der Waals surface area contributed by atoms with Gasteiger partial charge in [0.15, 0.2) is 0 Å². The summed E-state index contributed by atoms with van der Waals surface area (Å²) in [6, 6.07) is 22.6. The fourth-order valence-electron chi connectivity index (χ4n) is 3.19. The lowest BCUT2D eigenvalue weighted by Crippen LogP contribution is -2.09. The summed E-state index contributed by atoms with van der Waals surface area (Å²) in [6.07, 6.45) is 0. The van der Waals surface area contributed by atoms with E-state index >= 15 is 0 Å². The van der Waals surface area contributed by atoms with Gasteiger partial charge < -0.3 is 5.73 Å². The fraction of sp³-hybridized carbons (Fsp3) is 0.0526. The maximum Gasteiger partial charge on any atom is 0.0570 e. The van der Waals surface area contributed by atoms with Gasteiger partial charge in [-0.1, -0.05) is 66.2 Å². The summed E-state index contributed by atoms with van der Waals surface area (Å²) in [5, 5.41) is 0.749. The normalized spacial score (nSPS) is 15.6. The molecule has 3 aromatic carbocycles. The number of hydrogen-bond donors (Lipinski definition) is 1. The van der Waals surface area contributed by atoms with Gasteiger partial charge in [0.1, 0.15) is 0 Å². The van der Waals surface area contributed by atoms with Crippen LogP contribution in [0.25, 0.3) is 22.3 Å². The van der Waals surface area contributed by atoms with E-state index < -0.39 is 0 Å². The Balaban J connectivity index is 1.96. The zero-order valence-electron chi connectivity index (χ0n) is 11.4. The van der Waals surface area contributed by atoms with Gasteiger partial charge in [-0.15, -0.1) is 0 Å². The van der Waals surface area contributed by atoms with Crippen molar-refractivity contribution in [2.24, 2.45) is 5.73 Å². The van der Waals surface area contributed by atoms with Crippen LogP contribution < -0.4 is 5.73 Å². The van der Waals surface area contributed by atoms with Gasteiger partial charge >= 0.3 is 0 Å². The predicted octanol–water partition coefficient (Wildman–Crippen LogP) is 5.04. The second-order valence-corrected chi connectivity index (χ2v) is 5.78. The van der Waals surface area contributed by atoms with E-state index in [2.05, 4.69) is 36.4 Å². The molecule has 0 fully saturated rings. The van der Waals surface area contributed by atoms with Crippen LogP contribution in [0.3, 0.4) is 0 Å². The lowest BCUT2D eigenvalue weighted by molar-refractivity contribution is 0.903. The predicted molar refractivity (Wildman–Crippen MR) is 88.4 cm³/mol. The molecule has 0 saturated heterocycles. The summed E-state index contributed by atoms with van der Waals surface area (Å²) in [4.78, 5) is 0. The third-order valence-electron chi connectivity index (χ3n) is 4.16. The second-order valence-electron chi connectivity index (χ2n) is 5.34. The standard InChI is InChI=1S/C19H14ClN/c20-13-10-8-12(9-11-13)14-6-3-7-16-15-4-1-2-5-17(15)19(21)18(14)16/h1-11,19H,21H2. The number of fused-ring (bicyclic) bond motifs is 3. The number of nitrogens with two attached hydrogens (primary N) is 1. The van der Waals surface area contributed by atoms with E-state index in [9.17, 15) is 0 Å². The lowest BCUT2D eigenvalue weighted by atomic mass is 9.94. The van der Waals surface area contributed by atoms with Crippen LogP contribution in [-0.2, 0) is 0 Å². The average molecular weight is 292 g/mol. The highest BCUT2D eigenvalue weighted by Crippen LogP contribution is 2.46. The van der Waals surface area contributed by atoms with Gasteiger partial charge in [0.25, 0.3) is 0 Å². The highest BCUT2D eigenvalue weighted by molar-refractivity contribution is 6.30. The molecule has 4 rings (SSSR count). The van der Waals surface area contributed by atoms with Crippen LogP contribution in [0, 0.1) is 0 Å². The Hall–Kier alpha value is -2.09. The van der Waals surface area contributed by atoms with Crippen molar-refractivity contribution in [3.8, 4) is 22.3 Å². The zero-order chi connectivity index (χ0) is 14.4. The SMILES string of the molecule is NC1c2ccccc2-c2cccc(-c3ccc(Cl)cc3)c21. The summed E-state index contributed by atoms with van der Waals surface area (Å²) >= 11 is 5.99. The van der Waals surface area contributed by atoms with E-state index in [1.54, 1.807) is 0 Å². The average Bonchev–Trinajstić information content (AvgIpc) is 2.82. The third kappa shape index (κ3) is 1.90. The van der Waals surface area contributed by atoms with Crippen LogP contribution in [-0.4, -0.2) is 0 Å².